The molecule has 0 saturated heterocycles. The van der Waals surface area contributed by atoms with Gasteiger partial charge in [0.1, 0.15) is 0 Å². The number of hydrogen-bond acceptors (Lipinski definition) is 1. The van der Waals surface area contributed by atoms with Gasteiger partial charge in [0.15, 0.2) is 5.96 Å². The van der Waals surface area contributed by atoms with Crippen LogP contribution in [0.2, 0.25) is 0 Å². The van der Waals surface area contributed by atoms with Crippen LogP contribution in [0.4, 0.5) is 0 Å². The van der Waals surface area contributed by atoms with Crippen LogP contribution < -0.4 is 5.32 Å². The molecule has 120 valence electrons. The molecule has 3 heteroatoms. The maximum atomic E-state index is 4.84. The highest BCUT2D eigenvalue weighted by Crippen LogP contribution is 2.47. The number of nitrogens with zero attached hydrogens (tertiary/aromatic N) is 2. The summed E-state index contributed by atoms with van der Waals surface area (Å²) in [4.78, 5) is 7.06. The molecule has 1 fully saturated rings. The second-order valence-electron chi connectivity index (χ2n) is 6.06. The predicted molar refractivity (Wildman–Crippen MR) is 95.3 cm³/mol. The zero-order valence-corrected chi connectivity index (χ0v) is 14.0. The fourth-order valence-electron chi connectivity index (χ4n) is 2.81. The molecule has 0 bridgehead atoms. The van der Waals surface area contributed by atoms with Crippen LogP contribution in [-0.4, -0.2) is 37.5 Å². The molecule has 2 unspecified atom stereocenters. The minimum atomic E-state index is 0.706. The Hall–Kier alpha value is -1.77. The van der Waals surface area contributed by atoms with Crippen LogP contribution in [0.25, 0.3) is 0 Å². The third kappa shape index (κ3) is 4.90. The molecular formula is C19H29N3. The van der Waals surface area contributed by atoms with E-state index >= 15 is 0 Å². The van der Waals surface area contributed by atoms with Gasteiger partial charge in [-0.25, -0.2) is 0 Å². The van der Waals surface area contributed by atoms with Crippen LogP contribution in [-0.2, 0) is 0 Å². The minimum absolute atomic E-state index is 0.706. The maximum Gasteiger partial charge on any atom is 0.193 e. The van der Waals surface area contributed by atoms with E-state index in [4.69, 9.17) is 4.99 Å². The first-order valence-corrected chi connectivity index (χ1v) is 8.41. The number of benzene rings is 1. The first-order valence-electron chi connectivity index (χ1n) is 8.41. The molecule has 0 aromatic heterocycles. The van der Waals surface area contributed by atoms with Crippen molar-refractivity contribution in [1.82, 2.24) is 10.2 Å². The summed E-state index contributed by atoms with van der Waals surface area (Å²) < 4.78 is 0. The van der Waals surface area contributed by atoms with Gasteiger partial charge in [-0.15, -0.1) is 6.58 Å². The summed E-state index contributed by atoms with van der Waals surface area (Å²) in [6.45, 7) is 8.76. The average molecular weight is 299 g/mol. The quantitative estimate of drug-likeness (QED) is 0.343. The van der Waals surface area contributed by atoms with E-state index in [2.05, 4.69) is 61.1 Å². The second-order valence-corrected chi connectivity index (χ2v) is 6.06. The van der Waals surface area contributed by atoms with Gasteiger partial charge >= 0.3 is 0 Å². The van der Waals surface area contributed by atoms with Crippen molar-refractivity contribution in [2.75, 3.05) is 26.7 Å². The third-order valence-corrected chi connectivity index (χ3v) is 4.22. The van der Waals surface area contributed by atoms with Crippen molar-refractivity contribution in [3.63, 3.8) is 0 Å². The van der Waals surface area contributed by atoms with E-state index in [1.54, 1.807) is 0 Å². The van der Waals surface area contributed by atoms with Crippen LogP contribution in [0.5, 0.6) is 0 Å². The van der Waals surface area contributed by atoms with E-state index in [0.29, 0.717) is 11.8 Å². The van der Waals surface area contributed by atoms with E-state index in [1.807, 2.05) is 6.08 Å². The van der Waals surface area contributed by atoms with Crippen molar-refractivity contribution in [3.05, 3.63) is 48.6 Å². The number of nitrogens with one attached hydrogen (secondary N) is 1. The predicted octanol–water partition coefficient (Wildman–Crippen LogP) is 3.65. The van der Waals surface area contributed by atoms with Crippen LogP contribution in [0, 0.1) is 5.92 Å². The lowest BCUT2D eigenvalue weighted by Gasteiger charge is -2.21. The van der Waals surface area contributed by atoms with Crippen molar-refractivity contribution >= 4 is 5.96 Å². The van der Waals surface area contributed by atoms with Gasteiger partial charge in [-0.3, -0.25) is 4.99 Å². The van der Waals surface area contributed by atoms with Crippen LogP contribution >= 0.6 is 0 Å². The Labute approximate surface area is 135 Å². The second kappa shape index (κ2) is 8.62. The molecule has 1 N–H and O–H groups in total. The molecule has 0 heterocycles. The fourth-order valence-corrected chi connectivity index (χ4v) is 2.81. The Morgan fingerprint density at radius 3 is 2.86 bits per heavy atom. The smallest absolute Gasteiger partial charge is 0.193 e. The Morgan fingerprint density at radius 2 is 2.18 bits per heavy atom. The largest absolute Gasteiger partial charge is 0.357 e. The number of aliphatic imine (C=N–C) groups is 1. The summed E-state index contributed by atoms with van der Waals surface area (Å²) in [6, 6.07) is 10.8. The van der Waals surface area contributed by atoms with Gasteiger partial charge < -0.3 is 10.2 Å². The molecular weight excluding hydrogens is 270 g/mol. The molecule has 2 atom stereocenters. The summed E-state index contributed by atoms with van der Waals surface area (Å²) in [6.07, 6.45) is 5.43. The first-order chi connectivity index (χ1) is 10.8. The van der Waals surface area contributed by atoms with E-state index in [0.717, 1.165) is 38.4 Å². The summed E-state index contributed by atoms with van der Waals surface area (Å²) >= 11 is 0. The van der Waals surface area contributed by atoms with Gasteiger partial charge in [-0.1, -0.05) is 36.4 Å². The molecule has 1 aromatic carbocycles. The Bertz CT molecular complexity index is 481. The topological polar surface area (TPSA) is 27.6 Å². The number of guanidine groups is 1. The highest BCUT2D eigenvalue weighted by Gasteiger charge is 2.37. The molecule has 1 saturated carbocycles. The normalized spacial score (nSPS) is 20.5. The van der Waals surface area contributed by atoms with Gasteiger partial charge in [0.25, 0.3) is 0 Å². The molecule has 3 nitrogen and oxygen atoms in total. The number of hydrogen-bond donors (Lipinski definition) is 1. The van der Waals surface area contributed by atoms with E-state index < -0.39 is 0 Å². The Kier molecular flexibility index (Phi) is 6.50. The molecule has 0 amide bonds. The van der Waals surface area contributed by atoms with E-state index in [-0.39, 0.29) is 0 Å². The van der Waals surface area contributed by atoms with Gasteiger partial charge in [0, 0.05) is 26.7 Å². The lowest BCUT2D eigenvalue weighted by molar-refractivity contribution is 0.469. The van der Waals surface area contributed by atoms with Gasteiger partial charge in [-0.2, -0.15) is 0 Å². The van der Waals surface area contributed by atoms with Gasteiger partial charge in [0.2, 0.25) is 0 Å². The van der Waals surface area contributed by atoms with Crippen molar-refractivity contribution in [2.24, 2.45) is 10.9 Å². The number of rotatable bonds is 8. The molecule has 1 aliphatic rings. The summed E-state index contributed by atoms with van der Waals surface area (Å²) in [5.41, 5.74) is 1.46. The summed E-state index contributed by atoms with van der Waals surface area (Å²) in [5, 5.41) is 3.40. The molecule has 1 aliphatic carbocycles. The molecule has 0 spiro atoms. The van der Waals surface area contributed by atoms with Crippen LogP contribution in [0.15, 0.2) is 48.0 Å². The van der Waals surface area contributed by atoms with Crippen molar-refractivity contribution in [2.45, 2.75) is 32.1 Å². The van der Waals surface area contributed by atoms with Crippen LogP contribution in [0.3, 0.4) is 0 Å². The zero-order chi connectivity index (χ0) is 15.8. The van der Waals surface area contributed by atoms with E-state index in [1.165, 1.54) is 12.0 Å². The molecule has 22 heavy (non-hydrogen) atoms. The number of allylic oxidation sites excluding steroid dienone is 1. The summed E-state index contributed by atoms with van der Waals surface area (Å²) in [5.74, 6) is 2.45. The zero-order valence-electron chi connectivity index (χ0n) is 14.0. The lowest BCUT2D eigenvalue weighted by atomic mass is 10.1. The highest BCUT2D eigenvalue weighted by atomic mass is 15.3. The maximum absolute atomic E-state index is 4.84. The monoisotopic (exact) mass is 299 g/mol. The average Bonchev–Trinajstić information content (AvgIpc) is 3.32. The Morgan fingerprint density at radius 1 is 1.41 bits per heavy atom. The van der Waals surface area contributed by atoms with Gasteiger partial charge in [0.05, 0.1) is 0 Å². The standard InChI is InChI=1S/C19H29N3/c1-4-6-10-13-22(3)19(20-5-2)21-15-17-14-18(17)16-11-8-7-9-12-16/h4,7-9,11-12,17-18H,1,5-6,10,13-15H2,2-3H3,(H,20,21). The van der Waals surface area contributed by atoms with Crippen molar-refractivity contribution in [3.8, 4) is 0 Å². The lowest BCUT2D eigenvalue weighted by Crippen LogP contribution is -2.39. The van der Waals surface area contributed by atoms with Crippen molar-refractivity contribution < 1.29 is 0 Å². The molecule has 0 radical (unpaired) electrons. The van der Waals surface area contributed by atoms with Gasteiger partial charge in [-0.05, 0) is 43.6 Å². The summed E-state index contributed by atoms with van der Waals surface area (Å²) in [7, 11) is 2.12. The molecule has 1 aromatic rings. The van der Waals surface area contributed by atoms with E-state index in [9.17, 15) is 0 Å². The van der Waals surface area contributed by atoms with Crippen LogP contribution in [0.1, 0.15) is 37.7 Å². The highest BCUT2D eigenvalue weighted by molar-refractivity contribution is 5.79. The first kappa shape index (κ1) is 16.6. The SMILES string of the molecule is C=CCCCN(C)C(=NCC1CC1c1ccccc1)NCC. The minimum Gasteiger partial charge on any atom is -0.357 e. The van der Waals surface area contributed by atoms with Crippen molar-refractivity contribution in [1.29, 1.82) is 0 Å². The third-order valence-electron chi connectivity index (χ3n) is 4.22. The Balaban J connectivity index is 1.84. The fraction of sp³-hybridized carbons (Fsp3) is 0.526. The number of unbranched alkanes of at least 4 members (excludes halogenated alkanes) is 1. The molecule has 2 rings (SSSR count). The molecule has 0 aliphatic heterocycles.